The van der Waals surface area contributed by atoms with Crippen LogP contribution >= 0.6 is 0 Å². The average molecular weight is 276 g/mol. The van der Waals surface area contributed by atoms with Gasteiger partial charge in [0, 0.05) is 18.7 Å². The second-order valence-electron chi connectivity index (χ2n) is 5.50. The molecule has 0 saturated heterocycles. The molecule has 0 aromatic heterocycles. The molecule has 20 heavy (non-hydrogen) atoms. The minimum Gasteiger partial charge on any atom is -0.497 e. The smallest absolute Gasteiger partial charge is 0.253 e. The molecular weight excluding hydrogens is 252 g/mol. The van der Waals surface area contributed by atoms with Gasteiger partial charge in [-0.05, 0) is 43.5 Å². The molecule has 0 radical (unpaired) electrons. The third-order valence-electron chi connectivity index (χ3n) is 4.31. The topological polar surface area (TPSA) is 55.6 Å². The van der Waals surface area contributed by atoms with E-state index in [1.54, 1.807) is 13.2 Å². The standard InChI is InChI=1S/C16H24N2O2/c1-18(15-9-4-3-6-13(15)11-17)16(19)12-7-5-8-14(10-12)20-2/h5,7-8,10,13,15H,3-4,6,9,11,17H2,1-2H3. The van der Waals surface area contributed by atoms with Crippen molar-refractivity contribution in [2.75, 3.05) is 20.7 Å². The van der Waals surface area contributed by atoms with Crippen molar-refractivity contribution in [2.24, 2.45) is 11.7 Å². The van der Waals surface area contributed by atoms with E-state index in [1.807, 2.05) is 30.1 Å². The summed E-state index contributed by atoms with van der Waals surface area (Å²) in [5, 5.41) is 0. The number of benzene rings is 1. The monoisotopic (exact) mass is 276 g/mol. The van der Waals surface area contributed by atoms with Gasteiger partial charge >= 0.3 is 0 Å². The van der Waals surface area contributed by atoms with Gasteiger partial charge in [-0.15, -0.1) is 0 Å². The number of hydrogen-bond donors (Lipinski definition) is 1. The fraction of sp³-hybridized carbons (Fsp3) is 0.562. The van der Waals surface area contributed by atoms with Crippen molar-refractivity contribution >= 4 is 5.91 Å². The molecule has 1 saturated carbocycles. The second-order valence-corrected chi connectivity index (χ2v) is 5.50. The van der Waals surface area contributed by atoms with Gasteiger partial charge in [-0.2, -0.15) is 0 Å². The fourth-order valence-corrected chi connectivity index (χ4v) is 3.08. The molecule has 2 unspecified atom stereocenters. The van der Waals surface area contributed by atoms with E-state index in [0.717, 1.165) is 12.8 Å². The van der Waals surface area contributed by atoms with Crippen LogP contribution in [0.5, 0.6) is 5.75 Å². The van der Waals surface area contributed by atoms with Crippen LogP contribution in [0.4, 0.5) is 0 Å². The van der Waals surface area contributed by atoms with Crippen molar-refractivity contribution in [3.8, 4) is 5.75 Å². The summed E-state index contributed by atoms with van der Waals surface area (Å²) in [5.41, 5.74) is 6.53. The van der Waals surface area contributed by atoms with E-state index in [4.69, 9.17) is 10.5 Å². The number of amides is 1. The first-order valence-electron chi connectivity index (χ1n) is 7.28. The van der Waals surface area contributed by atoms with E-state index in [9.17, 15) is 4.79 Å². The van der Waals surface area contributed by atoms with Gasteiger partial charge in [0.2, 0.25) is 0 Å². The lowest BCUT2D eigenvalue weighted by molar-refractivity contribution is 0.0620. The number of carbonyl (C=O) groups is 1. The zero-order chi connectivity index (χ0) is 14.5. The van der Waals surface area contributed by atoms with Crippen LogP contribution in [0.3, 0.4) is 0 Å². The molecule has 0 spiro atoms. The van der Waals surface area contributed by atoms with E-state index < -0.39 is 0 Å². The van der Waals surface area contributed by atoms with Gasteiger partial charge in [0.1, 0.15) is 5.75 Å². The lowest BCUT2D eigenvalue weighted by Gasteiger charge is -2.37. The Morgan fingerprint density at radius 1 is 1.40 bits per heavy atom. The SMILES string of the molecule is COc1cccc(C(=O)N(C)C2CCCCC2CN)c1. The summed E-state index contributed by atoms with van der Waals surface area (Å²) in [5.74, 6) is 1.18. The third-order valence-corrected chi connectivity index (χ3v) is 4.31. The Bertz CT molecular complexity index is 462. The second kappa shape index (κ2) is 6.75. The Hall–Kier alpha value is -1.55. The van der Waals surface area contributed by atoms with E-state index in [0.29, 0.717) is 23.8 Å². The minimum atomic E-state index is 0.0502. The Morgan fingerprint density at radius 3 is 2.85 bits per heavy atom. The van der Waals surface area contributed by atoms with Crippen LogP contribution in [0.1, 0.15) is 36.0 Å². The van der Waals surface area contributed by atoms with Crippen LogP contribution < -0.4 is 10.5 Å². The van der Waals surface area contributed by atoms with Gasteiger partial charge < -0.3 is 15.4 Å². The Kier molecular flexibility index (Phi) is 5.01. The molecule has 2 N–H and O–H groups in total. The lowest BCUT2D eigenvalue weighted by atomic mass is 9.83. The molecule has 1 aliphatic rings. The first kappa shape index (κ1) is 14.9. The quantitative estimate of drug-likeness (QED) is 0.918. The molecule has 0 heterocycles. The van der Waals surface area contributed by atoms with Crippen LogP contribution in [-0.2, 0) is 0 Å². The predicted molar refractivity (Wildman–Crippen MR) is 79.9 cm³/mol. The highest BCUT2D eigenvalue weighted by Gasteiger charge is 2.30. The molecule has 4 nitrogen and oxygen atoms in total. The molecule has 0 bridgehead atoms. The van der Waals surface area contributed by atoms with E-state index in [-0.39, 0.29) is 11.9 Å². The number of ether oxygens (including phenoxy) is 1. The maximum atomic E-state index is 12.6. The van der Waals surface area contributed by atoms with E-state index in [1.165, 1.54) is 12.8 Å². The summed E-state index contributed by atoms with van der Waals surface area (Å²) in [7, 11) is 3.50. The molecule has 1 aromatic rings. The van der Waals surface area contributed by atoms with Gasteiger partial charge in [0.05, 0.1) is 7.11 Å². The number of nitrogens with zero attached hydrogens (tertiary/aromatic N) is 1. The van der Waals surface area contributed by atoms with E-state index in [2.05, 4.69) is 0 Å². The molecule has 2 rings (SSSR count). The van der Waals surface area contributed by atoms with Crippen molar-refractivity contribution in [2.45, 2.75) is 31.7 Å². The zero-order valence-electron chi connectivity index (χ0n) is 12.3. The highest BCUT2D eigenvalue weighted by atomic mass is 16.5. The van der Waals surface area contributed by atoms with Crippen LogP contribution in [0.25, 0.3) is 0 Å². The van der Waals surface area contributed by atoms with Crippen molar-refractivity contribution in [3.05, 3.63) is 29.8 Å². The largest absolute Gasteiger partial charge is 0.497 e. The predicted octanol–water partition coefficient (Wildman–Crippen LogP) is 2.28. The summed E-state index contributed by atoms with van der Waals surface area (Å²) in [6.07, 6.45) is 4.57. The lowest BCUT2D eigenvalue weighted by Crippen LogP contribution is -2.45. The molecule has 0 aliphatic heterocycles. The normalized spacial score (nSPS) is 22.4. The van der Waals surface area contributed by atoms with Crippen molar-refractivity contribution < 1.29 is 9.53 Å². The van der Waals surface area contributed by atoms with Crippen molar-refractivity contribution in [1.29, 1.82) is 0 Å². The number of rotatable bonds is 4. The van der Waals surface area contributed by atoms with Gasteiger partial charge in [-0.3, -0.25) is 4.79 Å². The first-order valence-corrected chi connectivity index (χ1v) is 7.28. The number of carbonyl (C=O) groups excluding carboxylic acids is 1. The summed E-state index contributed by atoms with van der Waals surface area (Å²) in [4.78, 5) is 14.5. The van der Waals surface area contributed by atoms with E-state index >= 15 is 0 Å². The number of hydrogen-bond acceptors (Lipinski definition) is 3. The molecule has 1 fully saturated rings. The van der Waals surface area contributed by atoms with Gasteiger partial charge in [0.15, 0.2) is 0 Å². The van der Waals surface area contributed by atoms with Crippen LogP contribution in [-0.4, -0.2) is 37.6 Å². The first-order chi connectivity index (χ1) is 9.67. The third kappa shape index (κ3) is 3.12. The molecule has 1 amide bonds. The molecular formula is C16H24N2O2. The van der Waals surface area contributed by atoms with Crippen LogP contribution in [0, 0.1) is 5.92 Å². The maximum Gasteiger partial charge on any atom is 0.253 e. The molecule has 110 valence electrons. The Labute approximate surface area is 120 Å². The van der Waals surface area contributed by atoms with Crippen LogP contribution in [0.2, 0.25) is 0 Å². The van der Waals surface area contributed by atoms with Crippen molar-refractivity contribution in [3.63, 3.8) is 0 Å². The highest BCUT2D eigenvalue weighted by Crippen LogP contribution is 2.28. The van der Waals surface area contributed by atoms with Crippen LogP contribution in [0.15, 0.2) is 24.3 Å². The Balaban J connectivity index is 2.14. The molecule has 4 heteroatoms. The van der Waals surface area contributed by atoms with Gasteiger partial charge in [-0.1, -0.05) is 18.9 Å². The molecule has 1 aliphatic carbocycles. The number of nitrogens with two attached hydrogens (primary N) is 1. The summed E-state index contributed by atoms with van der Waals surface area (Å²) < 4.78 is 5.18. The maximum absolute atomic E-state index is 12.6. The minimum absolute atomic E-state index is 0.0502. The highest BCUT2D eigenvalue weighted by molar-refractivity contribution is 5.94. The fourth-order valence-electron chi connectivity index (χ4n) is 3.08. The average Bonchev–Trinajstić information content (AvgIpc) is 2.53. The molecule has 1 aromatic carbocycles. The summed E-state index contributed by atoms with van der Waals surface area (Å²) in [6, 6.07) is 7.58. The van der Waals surface area contributed by atoms with Gasteiger partial charge in [0.25, 0.3) is 5.91 Å². The Morgan fingerprint density at radius 2 is 2.15 bits per heavy atom. The summed E-state index contributed by atoms with van der Waals surface area (Å²) in [6.45, 7) is 0.653. The summed E-state index contributed by atoms with van der Waals surface area (Å²) >= 11 is 0. The molecule has 2 atom stereocenters. The zero-order valence-corrected chi connectivity index (χ0v) is 12.3. The van der Waals surface area contributed by atoms with Crippen molar-refractivity contribution in [1.82, 2.24) is 4.90 Å². The van der Waals surface area contributed by atoms with Gasteiger partial charge in [-0.25, -0.2) is 0 Å². The number of methoxy groups -OCH3 is 1.